The molecule has 0 radical (unpaired) electrons. The standard InChI is InChI=1S/C7H14O/c1-6(2)4-5-7(3)8/h6H,4-5H2,1-3H3/i4D/t4-/m1/s1. The number of hydrogen-bond donors (Lipinski definition) is 0. The Morgan fingerprint density at radius 3 is 2.38 bits per heavy atom. The number of rotatable bonds is 3. The van der Waals surface area contributed by atoms with Gasteiger partial charge in [0.2, 0.25) is 0 Å². The van der Waals surface area contributed by atoms with Gasteiger partial charge in [0.15, 0.2) is 0 Å². The maximum absolute atomic E-state index is 10.4. The molecule has 0 amide bonds. The molecule has 0 aliphatic rings. The first kappa shape index (κ1) is 5.80. The second kappa shape index (κ2) is 3.65. The van der Waals surface area contributed by atoms with E-state index in [0.29, 0.717) is 12.3 Å². The van der Waals surface area contributed by atoms with Crippen molar-refractivity contribution < 1.29 is 6.17 Å². The first-order valence-electron chi connectivity index (χ1n) is 3.53. The monoisotopic (exact) mass is 115 g/mol. The summed E-state index contributed by atoms with van der Waals surface area (Å²) in [5.41, 5.74) is 0. The van der Waals surface area contributed by atoms with Crippen LogP contribution in [0, 0.1) is 5.92 Å². The van der Waals surface area contributed by atoms with E-state index in [1.54, 1.807) is 0 Å². The highest BCUT2D eigenvalue weighted by Crippen LogP contribution is 2.02. The van der Waals surface area contributed by atoms with E-state index in [9.17, 15) is 4.79 Å². The van der Waals surface area contributed by atoms with Gasteiger partial charge in [-0.05, 0) is 19.2 Å². The maximum Gasteiger partial charge on any atom is 0.129 e. The average molecular weight is 115 g/mol. The lowest BCUT2D eigenvalue weighted by Gasteiger charge is -1.98. The lowest BCUT2D eigenvalue weighted by Crippen LogP contribution is -1.93. The van der Waals surface area contributed by atoms with Gasteiger partial charge in [-0.1, -0.05) is 13.8 Å². The second-order valence-electron chi connectivity index (χ2n) is 2.39. The predicted molar refractivity (Wildman–Crippen MR) is 34.8 cm³/mol. The Morgan fingerprint density at radius 1 is 1.75 bits per heavy atom. The zero-order chi connectivity index (χ0) is 7.44. The molecule has 8 heavy (non-hydrogen) atoms. The Balaban J connectivity index is 3.50. The largest absolute Gasteiger partial charge is 0.300 e. The molecular formula is C7H14O. The summed E-state index contributed by atoms with van der Waals surface area (Å²) in [6.45, 7) is 5.45. The number of carbonyl (C=O) groups is 1. The molecule has 0 aromatic heterocycles. The topological polar surface area (TPSA) is 17.1 Å². The van der Waals surface area contributed by atoms with E-state index >= 15 is 0 Å². The molecule has 0 heterocycles. The van der Waals surface area contributed by atoms with Crippen LogP contribution in [0.1, 0.15) is 35.0 Å². The van der Waals surface area contributed by atoms with Gasteiger partial charge in [-0.25, -0.2) is 0 Å². The zero-order valence-corrected chi connectivity index (χ0v) is 5.77. The summed E-state index contributed by atoms with van der Waals surface area (Å²) in [5, 5.41) is 0. The van der Waals surface area contributed by atoms with Gasteiger partial charge in [-0.2, -0.15) is 0 Å². The second-order valence-corrected chi connectivity index (χ2v) is 2.39. The van der Waals surface area contributed by atoms with Crippen LogP contribution in [0.15, 0.2) is 0 Å². The van der Waals surface area contributed by atoms with Crippen LogP contribution in [-0.4, -0.2) is 5.78 Å². The number of hydrogen-bond acceptors (Lipinski definition) is 1. The van der Waals surface area contributed by atoms with Gasteiger partial charge < -0.3 is 4.79 Å². The van der Waals surface area contributed by atoms with Crippen molar-refractivity contribution in [3.63, 3.8) is 0 Å². The molecule has 1 atom stereocenters. The molecule has 0 aliphatic carbocycles. The van der Waals surface area contributed by atoms with Gasteiger partial charge in [-0.3, -0.25) is 0 Å². The molecule has 1 heteroatoms. The van der Waals surface area contributed by atoms with Crippen molar-refractivity contribution in [2.75, 3.05) is 0 Å². The molecule has 0 rings (SSSR count). The van der Waals surface area contributed by atoms with E-state index in [4.69, 9.17) is 1.37 Å². The third-order valence-corrected chi connectivity index (χ3v) is 0.877. The summed E-state index contributed by atoms with van der Waals surface area (Å²) in [7, 11) is 0. The fourth-order valence-electron chi connectivity index (χ4n) is 0.402. The highest BCUT2D eigenvalue weighted by Gasteiger charge is 1.95. The Kier molecular flexibility index (Phi) is 2.64. The normalized spacial score (nSPS) is 15.8. The smallest absolute Gasteiger partial charge is 0.129 e. The molecule has 1 nitrogen and oxygen atoms in total. The molecular weight excluding hydrogens is 100 g/mol. The van der Waals surface area contributed by atoms with Crippen LogP contribution >= 0.6 is 0 Å². The molecule has 0 fully saturated rings. The third-order valence-electron chi connectivity index (χ3n) is 0.877. The quantitative estimate of drug-likeness (QED) is 0.550. The lowest BCUT2D eigenvalue weighted by molar-refractivity contribution is -0.117. The summed E-state index contributed by atoms with van der Waals surface area (Å²) in [6, 6.07) is 0. The highest BCUT2D eigenvalue weighted by molar-refractivity contribution is 5.75. The van der Waals surface area contributed by atoms with E-state index < -0.39 is 0 Å². The van der Waals surface area contributed by atoms with E-state index in [0.717, 1.165) is 0 Å². The average Bonchev–Trinajstić information content (AvgIpc) is 1.63. The summed E-state index contributed by atoms with van der Waals surface area (Å²) in [5.74, 6) is 0.414. The molecule has 0 saturated heterocycles. The first-order valence-corrected chi connectivity index (χ1v) is 2.95. The summed E-state index contributed by atoms with van der Waals surface area (Å²) >= 11 is 0. The van der Waals surface area contributed by atoms with E-state index in [1.807, 2.05) is 13.8 Å². The van der Waals surface area contributed by atoms with Gasteiger partial charge in [0.25, 0.3) is 0 Å². The molecule has 0 unspecified atom stereocenters. The van der Waals surface area contributed by atoms with Crippen LogP contribution in [0.5, 0.6) is 0 Å². The molecule has 0 aliphatic heterocycles. The van der Waals surface area contributed by atoms with Gasteiger partial charge in [0.1, 0.15) is 5.78 Å². The lowest BCUT2D eigenvalue weighted by atomic mass is 10.1. The van der Waals surface area contributed by atoms with E-state index in [1.165, 1.54) is 6.92 Å². The molecule has 0 saturated carbocycles. The fraction of sp³-hybridized carbons (Fsp3) is 0.857. The summed E-state index contributed by atoms with van der Waals surface area (Å²) in [6.07, 6.45) is 0.194. The molecule has 48 valence electrons. The molecule has 0 bridgehead atoms. The van der Waals surface area contributed by atoms with Gasteiger partial charge in [0.05, 0.1) is 0 Å². The van der Waals surface area contributed by atoms with Crippen molar-refractivity contribution in [1.29, 1.82) is 0 Å². The van der Waals surface area contributed by atoms with Crippen molar-refractivity contribution in [1.82, 2.24) is 0 Å². The Bertz CT molecular complexity index is 99.1. The maximum atomic E-state index is 10.4. The van der Waals surface area contributed by atoms with Gasteiger partial charge in [0, 0.05) is 7.79 Å². The minimum absolute atomic E-state index is 0.115. The fourth-order valence-corrected chi connectivity index (χ4v) is 0.402. The Morgan fingerprint density at radius 2 is 2.25 bits per heavy atom. The number of Topliss-reactive ketones (excluding diaryl/α,β-unsaturated/α-hetero) is 1. The van der Waals surface area contributed by atoms with Crippen LogP contribution in [0.2, 0.25) is 0 Å². The van der Waals surface area contributed by atoms with Gasteiger partial charge >= 0.3 is 0 Å². The minimum atomic E-state index is -0.206. The van der Waals surface area contributed by atoms with Crippen LogP contribution in [-0.2, 0) is 4.79 Å². The Labute approximate surface area is 52.5 Å². The minimum Gasteiger partial charge on any atom is -0.300 e. The van der Waals surface area contributed by atoms with Crippen molar-refractivity contribution in [3.05, 3.63) is 0 Å². The van der Waals surface area contributed by atoms with Crippen LogP contribution in [0.3, 0.4) is 0 Å². The first-order chi connectivity index (χ1) is 4.04. The van der Waals surface area contributed by atoms with Crippen LogP contribution in [0.25, 0.3) is 0 Å². The van der Waals surface area contributed by atoms with Crippen molar-refractivity contribution in [2.24, 2.45) is 5.92 Å². The highest BCUT2D eigenvalue weighted by atomic mass is 16.1. The van der Waals surface area contributed by atoms with Crippen LogP contribution in [0.4, 0.5) is 0 Å². The molecule has 0 spiro atoms. The van der Waals surface area contributed by atoms with Crippen molar-refractivity contribution in [3.8, 4) is 0 Å². The van der Waals surface area contributed by atoms with E-state index in [-0.39, 0.29) is 12.2 Å². The zero-order valence-electron chi connectivity index (χ0n) is 6.77. The number of carbonyl (C=O) groups excluding carboxylic acids is 1. The van der Waals surface area contributed by atoms with Gasteiger partial charge in [-0.15, -0.1) is 0 Å². The number of ketones is 1. The van der Waals surface area contributed by atoms with Crippen LogP contribution < -0.4 is 0 Å². The Hall–Kier alpha value is -0.330. The van der Waals surface area contributed by atoms with Crippen molar-refractivity contribution in [2.45, 2.75) is 33.6 Å². The van der Waals surface area contributed by atoms with Crippen molar-refractivity contribution >= 4 is 5.78 Å². The predicted octanol–water partition coefficient (Wildman–Crippen LogP) is 2.01. The molecule has 0 N–H and O–H groups in total. The SMILES string of the molecule is [2H][C@H](CC(C)=O)C(C)C. The molecule has 0 aromatic carbocycles. The van der Waals surface area contributed by atoms with E-state index in [2.05, 4.69) is 0 Å². The molecule has 0 aromatic rings. The summed E-state index contributed by atoms with van der Waals surface area (Å²) < 4.78 is 7.34. The summed E-state index contributed by atoms with van der Waals surface area (Å²) in [4.78, 5) is 10.4. The third kappa shape index (κ3) is 5.67.